The topological polar surface area (TPSA) is 203 Å². The molecule has 0 atom stereocenters. The zero-order valence-corrected chi connectivity index (χ0v) is 44.4. The van der Waals surface area contributed by atoms with E-state index in [1.54, 1.807) is 30.5 Å². The number of thiophene rings is 1. The van der Waals surface area contributed by atoms with Crippen LogP contribution in [-0.2, 0) is 15.6 Å². The van der Waals surface area contributed by atoms with Crippen molar-refractivity contribution in [3.63, 3.8) is 0 Å². The summed E-state index contributed by atoms with van der Waals surface area (Å²) >= 11 is 1.81. The summed E-state index contributed by atoms with van der Waals surface area (Å²) in [6.45, 7) is 18.8. The van der Waals surface area contributed by atoms with Crippen molar-refractivity contribution in [1.29, 1.82) is 0 Å². The smallest absolute Gasteiger partial charge is 0.293 e. The van der Waals surface area contributed by atoms with E-state index in [0.717, 1.165) is 85.6 Å². The Balaban J connectivity index is 0.917. The summed E-state index contributed by atoms with van der Waals surface area (Å²) in [6.07, 6.45) is 9.22. The highest BCUT2D eigenvalue weighted by molar-refractivity contribution is 7.90. The number of nitro groups is 1. The van der Waals surface area contributed by atoms with Gasteiger partial charge in [0.25, 0.3) is 21.6 Å². The van der Waals surface area contributed by atoms with Crippen LogP contribution in [0.2, 0.25) is 0 Å². The molecule has 6 aromatic rings. The molecule has 0 unspecified atom stereocenters. The molecule has 1 amide bonds. The lowest BCUT2D eigenvalue weighted by atomic mass is 9.73. The number of aryl methyl sites for hydroxylation is 2. The lowest BCUT2D eigenvalue weighted by Gasteiger charge is -2.39. The number of anilines is 2. The summed E-state index contributed by atoms with van der Waals surface area (Å²) in [4.78, 5) is 38.8. The second-order valence-electron chi connectivity index (χ2n) is 22.0. The number of ether oxygens (including phenoxy) is 1. The summed E-state index contributed by atoms with van der Waals surface area (Å²) in [7, 11) is -4.60. The molecule has 3 aromatic carbocycles. The molecule has 3 aromatic heterocycles. The van der Waals surface area contributed by atoms with Gasteiger partial charge in [-0.25, -0.2) is 18.1 Å². The number of piperazine rings is 1. The van der Waals surface area contributed by atoms with Crippen LogP contribution in [0.25, 0.3) is 27.7 Å². The number of aromatic nitrogens is 2. The Hall–Kier alpha value is -6.11. The molecule has 73 heavy (non-hydrogen) atoms. The van der Waals surface area contributed by atoms with Crippen LogP contribution in [0, 0.1) is 35.3 Å². The first kappa shape index (κ1) is 51.8. The van der Waals surface area contributed by atoms with E-state index in [9.17, 15) is 33.5 Å². The van der Waals surface area contributed by atoms with Crippen molar-refractivity contribution in [3.8, 4) is 22.6 Å². The van der Waals surface area contributed by atoms with Crippen LogP contribution in [0.4, 0.5) is 17.1 Å². The van der Waals surface area contributed by atoms with Gasteiger partial charge in [0.2, 0.25) is 0 Å². The van der Waals surface area contributed by atoms with E-state index in [0.29, 0.717) is 43.9 Å². The number of rotatable bonds is 15. The fourth-order valence-corrected chi connectivity index (χ4v) is 12.6. The minimum atomic E-state index is -4.60. The number of nitrogens with zero attached hydrogens (tertiary/aromatic N) is 4. The highest BCUT2D eigenvalue weighted by Gasteiger charge is 2.33. The monoisotopic (exact) mass is 1030 g/mol. The first-order chi connectivity index (χ1) is 34.5. The SMILES string of the molecule is Cc1cc(C(C)(C)O)cc(C)c1-c1csc(C2=C(CN3CCN(c4ccc(C(=O)NS(=O)(=O)c5ccc(NC[C@H]6CC[C@](C)(O)CC6)c([N+](=O)[O-])c5)c(Oc5cnc6[nH]ccc6c5)c4)CC3)CCC(C)(C)C2)c1. The van der Waals surface area contributed by atoms with Crippen LogP contribution in [0.1, 0.15) is 111 Å². The predicted octanol–water partition coefficient (Wildman–Crippen LogP) is 11.1. The third kappa shape index (κ3) is 11.8. The number of carbonyl (C=O) groups is 1. The standard InChI is InChI=1S/C56H67N7O8S2/c1-35-24-41(55(5,6)65)25-36(2)51(35)40-27-50(72-34-40)46-30-54(3,4)16-14-39(46)33-61-20-22-62(23-21-61)42-8-10-45(49(28-42)71-43-26-38-15-19-57-52(38)59-32-43)53(64)60-73(69,70)44-9-11-47(48(29-44)63(67)68)58-31-37-12-17-56(7,66)18-13-37/h8-11,15,19,24-29,32,34,37,58,65-66H,12-14,16-18,20-23,30-31,33H2,1-7H3,(H,57,59)(H,60,64)/t37-,56-. The highest BCUT2D eigenvalue weighted by atomic mass is 32.2. The van der Waals surface area contributed by atoms with Gasteiger partial charge in [-0.2, -0.15) is 0 Å². The number of hydrogen-bond acceptors (Lipinski definition) is 13. The van der Waals surface area contributed by atoms with Gasteiger partial charge in [0.05, 0.1) is 32.8 Å². The molecule has 4 heterocycles. The third-order valence-electron chi connectivity index (χ3n) is 15.0. The number of aliphatic hydroxyl groups is 2. The lowest BCUT2D eigenvalue weighted by molar-refractivity contribution is -0.384. The van der Waals surface area contributed by atoms with E-state index < -0.39 is 42.6 Å². The molecule has 0 radical (unpaired) electrons. The number of H-pyrrole nitrogens is 1. The number of nitrogens with one attached hydrogen (secondary N) is 3. The van der Waals surface area contributed by atoms with Crippen molar-refractivity contribution in [1.82, 2.24) is 19.6 Å². The maximum atomic E-state index is 14.1. The molecule has 0 spiro atoms. The Labute approximate surface area is 431 Å². The van der Waals surface area contributed by atoms with Crippen LogP contribution >= 0.6 is 11.3 Å². The molecule has 1 saturated heterocycles. The van der Waals surface area contributed by atoms with E-state index in [4.69, 9.17) is 4.74 Å². The lowest BCUT2D eigenvalue weighted by Crippen LogP contribution is -2.47. The van der Waals surface area contributed by atoms with Crippen molar-refractivity contribution in [2.75, 3.05) is 49.5 Å². The molecule has 9 rings (SSSR count). The van der Waals surface area contributed by atoms with Gasteiger partial charge in [-0.15, -0.1) is 11.3 Å². The Bertz CT molecular complexity index is 3180. The zero-order valence-electron chi connectivity index (χ0n) is 42.8. The van der Waals surface area contributed by atoms with Gasteiger partial charge in [0.15, 0.2) is 0 Å². The van der Waals surface area contributed by atoms with Gasteiger partial charge in [0.1, 0.15) is 22.8 Å². The van der Waals surface area contributed by atoms with Crippen molar-refractivity contribution in [2.45, 2.75) is 110 Å². The van der Waals surface area contributed by atoms with Crippen LogP contribution in [0.3, 0.4) is 0 Å². The minimum Gasteiger partial charge on any atom is -0.455 e. The number of allylic oxidation sites excluding steroid dienone is 1. The Morgan fingerprint density at radius 2 is 1.71 bits per heavy atom. The van der Waals surface area contributed by atoms with Gasteiger partial charge >= 0.3 is 0 Å². The number of nitro benzene ring substituents is 1. The molecule has 17 heteroatoms. The second kappa shape index (κ2) is 20.3. The van der Waals surface area contributed by atoms with Gasteiger partial charge in [-0.1, -0.05) is 31.6 Å². The number of sulfonamides is 1. The summed E-state index contributed by atoms with van der Waals surface area (Å²) in [5.41, 5.74) is 8.27. The predicted molar refractivity (Wildman–Crippen MR) is 289 cm³/mol. The maximum absolute atomic E-state index is 14.1. The average molecular weight is 1030 g/mol. The van der Waals surface area contributed by atoms with Crippen LogP contribution in [0.15, 0.2) is 95.0 Å². The van der Waals surface area contributed by atoms with Gasteiger partial charge in [0, 0.05) is 73.5 Å². The molecule has 2 aliphatic carbocycles. The highest BCUT2D eigenvalue weighted by Crippen LogP contribution is 2.46. The molecule has 386 valence electrons. The van der Waals surface area contributed by atoms with Crippen molar-refractivity contribution < 1.29 is 33.1 Å². The van der Waals surface area contributed by atoms with Gasteiger partial charge < -0.3 is 30.2 Å². The molecular formula is C56H67N7O8S2. The fourth-order valence-electron chi connectivity index (χ4n) is 10.7. The summed E-state index contributed by atoms with van der Waals surface area (Å²) in [6, 6.07) is 18.8. The van der Waals surface area contributed by atoms with Gasteiger partial charge in [-0.05, 0) is 172 Å². The van der Waals surface area contributed by atoms with E-state index in [-0.39, 0.29) is 28.3 Å². The largest absolute Gasteiger partial charge is 0.455 e. The van der Waals surface area contributed by atoms with E-state index in [1.165, 1.54) is 45.5 Å². The molecule has 1 saturated carbocycles. The number of pyridine rings is 1. The zero-order chi connectivity index (χ0) is 52.0. The van der Waals surface area contributed by atoms with E-state index in [2.05, 4.69) is 81.1 Å². The van der Waals surface area contributed by atoms with Crippen LogP contribution < -0.4 is 19.7 Å². The van der Waals surface area contributed by atoms with Crippen LogP contribution in [-0.4, -0.2) is 89.2 Å². The van der Waals surface area contributed by atoms with Crippen LogP contribution in [0.5, 0.6) is 11.5 Å². The molecule has 0 bridgehead atoms. The molecular weight excluding hydrogens is 963 g/mol. The molecule has 5 N–H and O–H groups in total. The van der Waals surface area contributed by atoms with E-state index in [1.807, 2.05) is 38.2 Å². The summed E-state index contributed by atoms with van der Waals surface area (Å²) in [5, 5.41) is 39.5. The minimum absolute atomic E-state index is 0.0489. The Morgan fingerprint density at radius 1 is 0.986 bits per heavy atom. The van der Waals surface area contributed by atoms with Gasteiger partial charge in [-0.3, -0.25) is 19.8 Å². The first-order valence-electron chi connectivity index (χ1n) is 25.2. The Kier molecular flexibility index (Phi) is 14.4. The average Bonchev–Trinajstić information content (AvgIpc) is 4.01. The molecule has 2 fully saturated rings. The number of aromatic amines is 1. The summed E-state index contributed by atoms with van der Waals surface area (Å²) in [5.74, 6) is -0.311. The van der Waals surface area contributed by atoms with Crippen molar-refractivity contribution in [2.24, 2.45) is 11.3 Å². The normalized spacial score (nSPS) is 19.8. The number of benzene rings is 3. The molecule has 1 aliphatic heterocycles. The quantitative estimate of drug-likeness (QED) is 0.0482. The maximum Gasteiger partial charge on any atom is 0.293 e. The number of carbonyl (C=O) groups excluding carboxylic acids is 1. The first-order valence-corrected chi connectivity index (χ1v) is 27.6. The molecule has 15 nitrogen and oxygen atoms in total. The summed E-state index contributed by atoms with van der Waals surface area (Å²) < 4.78 is 36.2. The number of amides is 1. The second-order valence-corrected chi connectivity index (χ2v) is 24.6. The number of hydrogen-bond donors (Lipinski definition) is 5. The number of fused-ring (bicyclic) bond motifs is 1. The Morgan fingerprint density at radius 3 is 2.41 bits per heavy atom. The molecule has 3 aliphatic rings. The van der Waals surface area contributed by atoms with Crippen molar-refractivity contribution >= 4 is 60.9 Å². The van der Waals surface area contributed by atoms with E-state index >= 15 is 0 Å². The third-order valence-corrected chi connectivity index (χ3v) is 17.4. The fraction of sp³-hybridized carbons (Fsp3) is 0.429. The van der Waals surface area contributed by atoms with Crippen molar-refractivity contribution in [3.05, 3.63) is 127 Å².